The van der Waals surface area contributed by atoms with Crippen LogP contribution in [0.3, 0.4) is 0 Å². The van der Waals surface area contributed by atoms with Gasteiger partial charge >= 0.3 is 0 Å². The second-order valence-corrected chi connectivity index (χ2v) is 5.22. The summed E-state index contributed by atoms with van der Waals surface area (Å²) < 4.78 is 0. The molecule has 2 aromatic heterocycles. The van der Waals surface area contributed by atoms with Gasteiger partial charge in [-0.1, -0.05) is 19.1 Å². The Balaban J connectivity index is 1.69. The third kappa shape index (κ3) is 2.24. The van der Waals surface area contributed by atoms with Crippen molar-refractivity contribution in [2.24, 2.45) is 0 Å². The van der Waals surface area contributed by atoms with E-state index >= 15 is 0 Å². The third-order valence-corrected chi connectivity index (χ3v) is 3.78. The first-order chi connectivity index (χ1) is 8.83. The van der Waals surface area contributed by atoms with E-state index in [2.05, 4.69) is 39.0 Å². The van der Waals surface area contributed by atoms with Crippen molar-refractivity contribution in [3.05, 3.63) is 46.7 Å². The van der Waals surface area contributed by atoms with Crippen molar-refractivity contribution in [3.8, 4) is 0 Å². The number of benzene rings is 1. The zero-order valence-corrected chi connectivity index (χ0v) is 11.0. The molecule has 0 amide bonds. The lowest BCUT2D eigenvalue weighted by Gasteiger charge is -2.09. The number of fused-ring (bicyclic) bond motifs is 1. The van der Waals surface area contributed by atoms with Crippen LogP contribution in [0.5, 0.6) is 0 Å². The van der Waals surface area contributed by atoms with Crippen LogP contribution in [-0.2, 0) is 0 Å². The molecular weight excluding hydrogens is 242 g/mol. The van der Waals surface area contributed by atoms with Crippen LogP contribution >= 0.6 is 11.3 Å². The molecule has 0 spiro atoms. The number of nitrogens with zero attached hydrogens (tertiary/aromatic N) is 1. The molecule has 0 radical (unpaired) electrons. The Bertz CT molecular complexity index is 594. The number of imidazole rings is 1. The first-order valence-electron chi connectivity index (χ1n) is 6.03. The lowest BCUT2D eigenvalue weighted by atomic mass is 10.1. The van der Waals surface area contributed by atoms with Crippen LogP contribution in [0.1, 0.15) is 18.4 Å². The highest BCUT2D eigenvalue weighted by molar-refractivity contribution is 7.07. The summed E-state index contributed by atoms with van der Waals surface area (Å²) in [6.07, 6.45) is 0. The summed E-state index contributed by atoms with van der Waals surface area (Å²) in [7, 11) is 0. The van der Waals surface area contributed by atoms with E-state index in [1.54, 1.807) is 11.3 Å². The van der Waals surface area contributed by atoms with Gasteiger partial charge < -0.3 is 10.3 Å². The summed E-state index contributed by atoms with van der Waals surface area (Å²) in [6, 6.07) is 10.2. The van der Waals surface area contributed by atoms with Crippen molar-refractivity contribution in [2.45, 2.75) is 12.8 Å². The molecule has 3 rings (SSSR count). The molecule has 18 heavy (non-hydrogen) atoms. The fourth-order valence-corrected chi connectivity index (χ4v) is 2.74. The van der Waals surface area contributed by atoms with Crippen LogP contribution in [0.15, 0.2) is 41.1 Å². The van der Waals surface area contributed by atoms with E-state index in [-0.39, 0.29) is 0 Å². The molecular formula is C14H15N3S. The van der Waals surface area contributed by atoms with E-state index in [0.717, 1.165) is 23.5 Å². The average Bonchev–Trinajstić information content (AvgIpc) is 3.04. The van der Waals surface area contributed by atoms with Gasteiger partial charge in [0.05, 0.1) is 11.0 Å². The Morgan fingerprint density at radius 1 is 1.33 bits per heavy atom. The average molecular weight is 257 g/mol. The summed E-state index contributed by atoms with van der Waals surface area (Å²) in [5, 5.41) is 7.68. The SMILES string of the molecule is CC(CNc1nc2ccccc2[nH]1)c1ccsc1. The molecule has 0 bridgehead atoms. The molecule has 1 unspecified atom stereocenters. The van der Waals surface area contributed by atoms with Gasteiger partial charge in [0, 0.05) is 6.54 Å². The van der Waals surface area contributed by atoms with E-state index in [9.17, 15) is 0 Å². The van der Waals surface area contributed by atoms with Crippen LogP contribution in [0.2, 0.25) is 0 Å². The first kappa shape index (κ1) is 11.3. The van der Waals surface area contributed by atoms with Crippen LogP contribution in [0.25, 0.3) is 11.0 Å². The van der Waals surface area contributed by atoms with Crippen LogP contribution in [0, 0.1) is 0 Å². The Kier molecular flexibility index (Phi) is 3.02. The Hall–Kier alpha value is -1.81. The molecule has 92 valence electrons. The van der Waals surface area contributed by atoms with Gasteiger partial charge in [-0.15, -0.1) is 0 Å². The second-order valence-electron chi connectivity index (χ2n) is 4.44. The number of nitrogens with one attached hydrogen (secondary N) is 2. The van der Waals surface area contributed by atoms with Crippen LogP contribution < -0.4 is 5.32 Å². The molecule has 0 aliphatic heterocycles. The number of hydrogen-bond donors (Lipinski definition) is 2. The van der Waals surface area contributed by atoms with E-state index in [1.165, 1.54) is 5.56 Å². The van der Waals surface area contributed by atoms with Crippen molar-refractivity contribution >= 4 is 28.3 Å². The third-order valence-electron chi connectivity index (χ3n) is 3.08. The van der Waals surface area contributed by atoms with Crippen molar-refractivity contribution in [2.75, 3.05) is 11.9 Å². The number of hydrogen-bond acceptors (Lipinski definition) is 3. The minimum absolute atomic E-state index is 0.490. The number of thiophene rings is 1. The molecule has 2 N–H and O–H groups in total. The highest BCUT2D eigenvalue weighted by Crippen LogP contribution is 2.19. The van der Waals surface area contributed by atoms with Gasteiger partial charge in [0.2, 0.25) is 5.95 Å². The van der Waals surface area contributed by atoms with Gasteiger partial charge in [0.1, 0.15) is 0 Å². The molecule has 2 heterocycles. The lowest BCUT2D eigenvalue weighted by molar-refractivity contribution is 0.803. The van der Waals surface area contributed by atoms with Gasteiger partial charge in [0.15, 0.2) is 0 Å². The molecule has 0 saturated carbocycles. The van der Waals surface area contributed by atoms with Crippen LogP contribution in [0.4, 0.5) is 5.95 Å². The molecule has 1 atom stereocenters. The molecule has 0 saturated heterocycles. The number of para-hydroxylation sites is 2. The maximum absolute atomic E-state index is 4.50. The highest BCUT2D eigenvalue weighted by atomic mass is 32.1. The number of aromatic amines is 1. The predicted molar refractivity (Wildman–Crippen MR) is 77.3 cm³/mol. The number of anilines is 1. The predicted octanol–water partition coefficient (Wildman–Crippen LogP) is 3.84. The van der Waals surface area contributed by atoms with Gasteiger partial charge in [-0.2, -0.15) is 11.3 Å². The van der Waals surface area contributed by atoms with Gasteiger partial charge in [-0.05, 0) is 40.4 Å². The van der Waals surface area contributed by atoms with Gasteiger partial charge in [-0.25, -0.2) is 4.98 Å². The maximum atomic E-state index is 4.50. The van der Waals surface area contributed by atoms with E-state index < -0.39 is 0 Å². The maximum Gasteiger partial charge on any atom is 0.201 e. The zero-order chi connectivity index (χ0) is 12.4. The molecule has 0 fully saturated rings. The summed E-state index contributed by atoms with van der Waals surface area (Å²) in [6.45, 7) is 3.11. The quantitative estimate of drug-likeness (QED) is 0.745. The highest BCUT2D eigenvalue weighted by Gasteiger charge is 2.07. The minimum Gasteiger partial charge on any atom is -0.355 e. The van der Waals surface area contributed by atoms with Gasteiger partial charge in [-0.3, -0.25) is 0 Å². The smallest absolute Gasteiger partial charge is 0.201 e. The largest absolute Gasteiger partial charge is 0.355 e. The Labute approximate surface area is 110 Å². The second kappa shape index (κ2) is 4.82. The Morgan fingerprint density at radius 3 is 3.00 bits per heavy atom. The fourth-order valence-electron chi connectivity index (χ4n) is 1.96. The monoisotopic (exact) mass is 257 g/mol. The summed E-state index contributed by atoms with van der Waals surface area (Å²) in [5.74, 6) is 1.34. The van der Waals surface area contributed by atoms with E-state index in [1.807, 2.05) is 24.3 Å². The normalized spacial score (nSPS) is 12.7. The van der Waals surface area contributed by atoms with Crippen LogP contribution in [-0.4, -0.2) is 16.5 Å². The Morgan fingerprint density at radius 2 is 2.22 bits per heavy atom. The topological polar surface area (TPSA) is 40.7 Å². The lowest BCUT2D eigenvalue weighted by Crippen LogP contribution is -2.10. The van der Waals surface area contributed by atoms with E-state index in [4.69, 9.17) is 0 Å². The van der Waals surface area contributed by atoms with Gasteiger partial charge in [0.25, 0.3) is 0 Å². The van der Waals surface area contributed by atoms with E-state index in [0.29, 0.717) is 5.92 Å². The first-order valence-corrected chi connectivity index (χ1v) is 6.98. The molecule has 3 nitrogen and oxygen atoms in total. The fraction of sp³-hybridized carbons (Fsp3) is 0.214. The molecule has 0 aliphatic carbocycles. The minimum atomic E-state index is 0.490. The summed E-state index contributed by atoms with van der Waals surface area (Å²) in [4.78, 5) is 7.78. The zero-order valence-electron chi connectivity index (χ0n) is 10.2. The molecule has 0 aliphatic rings. The van der Waals surface area contributed by atoms with Crippen molar-refractivity contribution < 1.29 is 0 Å². The van der Waals surface area contributed by atoms with Crippen molar-refractivity contribution in [3.63, 3.8) is 0 Å². The summed E-state index contributed by atoms with van der Waals surface area (Å²) >= 11 is 1.74. The molecule has 4 heteroatoms. The van der Waals surface area contributed by atoms with Crippen molar-refractivity contribution in [1.82, 2.24) is 9.97 Å². The number of H-pyrrole nitrogens is 1. The molecule has 1 aromatic carbocycles. The standard InChI is InChI=1S/C14H15N3S/c1-10(11-6-7-18-9-11)8-15-14-16-12-4-2-3-5-13(12)17-14/h2-7,9-10H,8H2,1H3,(H2,15,16,17). The summed E-state index contributed by atoms with van der Waals surface area (Å²) in [5.41, 5.74) is 3.45. The molecule has 3 aromatic rings. The number of aromatic nitrogens is 2. The number of rotatable bonds is 4. The van der Waals surface area contributed by atoms with Crippen molar-refractivity contribution in [1.29, 1.82) is 0 Å².